The van der Waals surface area contributed by atoms with E-state index in [9.17, 15) is 8.60 Å². The first-order valence-corrected chi connectivity index (χ1v) is 6.98. The molecule has 0 aliphatic carbocycles. The Kier molecular flexibility index (Phi) is 5.38. The lowest BCUT2D eigenvalue weighted by Gasteiger charge is -2.10. The molecule has 0 spiro atoms. The predicted octanol–water partition coefficient (Wildman–Crippen LogP) is 2.34. The van der Waals surface area contributed by atoms with E-state index in [0.717, 1.165) is 0 Å². The van der Waals surface area contributed by atoms with Crippen LogP contribution in [-0.4, -0.2) is 22.3 Å². The van der Waals surface area contributed by atoms with Gasteiger partial charge in [-0.15, -0.1) is 0 Å². The zero-order valence-electron chi connectivity index (χ0n) is 9.30. The van der Waals surface area contributed by atoms with Crippen LogP contribution in [0.5, 0.6) is 0 Å². The Morgan fingerprint density at radius 1 is 1.56 bits per heavy atom. The maximum absolute atomic E-state index is 13.5. The molecule has 0 bridgehead atoms. The van der Waals surface area contributed by atoms with Crippen LogP contribution in [0.3, 0.4) is 0 Å². The molecule has 0 heterocycles. The van der Waals surface area contributed by atoms with Crippen LogP contribution in [0.25, 0.3) is 0 Å². The first-order valence-electron chi connectivity index (χ1n) is 4.98. The summed E-state index contributed by atoms with van der Waals surface area (Å²) in [6.07, 6.45) is 1.66. The standard InChI is InChI=1S/C11H15ClFNOS/c1-8(16(2)15)6-14-7-9-4-3-5-10(12)11(9)13/h3-5,8,14H,6-7H2,1-2H3. The second-order valence-electron chi connectivity index (χ2n) is 3.65. The van der Waals surface area contributed by atoms with E-state index in [1.165, 1.54) is 6.07 Å². The van der Waals surface area contributed by atoms with Gasteiger partial charge in [0, 0.05) is 41.0 Å². The molecule has 0 aromatic heterocycles. The van der Waals surface area contributed by atoms with Crippen molar-refractivity contribution >= 4 is 22.4 Å². The Balaban J connectivity index is 2.49. The van der Waals surface area contributed by atoms with Crippen LogP contribution >= 0.6 is 11.6 Å². The molecule has 0 aliphatic rings. The van der Waals surface area contributed by atoms with Crippen LogP contribution in [-0.2, 0) is 17.3 Å². The molecule has 2 atom stereocenters. The van der Waals surface area contributed by atoms with E-state index in [-0.39, 0.29) is 16.1 Å². The minimum Gasteiger partial charge on any atom is -0.311 e. The fourth-order valence-electron chi connectivity index (χ4n) is 1.21. The first-order chi connectivity index (χ1) is 7.52. The maximum atomic E-state index is 13.5. The Labute approximate surface area is 103 Å². The summed E-state index contributed by atoms with van der Waals surface area (Å²) in [6.45, 7) is 2.88. The minimum atomic E-state index is -0.860. The molecule has 0 amide bonds. The van der Waals surface area contributed by atoms with Crippen molar-refractivity contribution in [2.45, 2.75) is 18.7 Å². The van der Waals surface area contributed by atoms with E-state index in [1.807, 2.05) is 6.92 Å². The second kappa shape index (κ2) is 6.33. The molecule has 0 radical (unpaired) electrons. The topological polar surface area (TPSA) is 29.1 Å². The van der Waals surface area contributed by atoms with Gasteiger partial charge < -0.3 is 5.32 Å². The van der Waals surface area contributed by atoms with Crippen molar-refractivity contribution in [3.8, 4) is 0 Å². The molecule has 1 rings (SSSR count). The monoisotopic (exact) mass is 263 g/mol. The number of hydrogen-bond acceptors (Lipinski definition) is 2. The Hall–Kier alpha value is -0.450. The average molecular weight is 264 g/mol. The van der Waals surface area contributed by atoms with Gasteiger partial charge in [-0.2, -0.15) is 0 Å². The van der Waals surface area contributed by atoms with Crippen molar-refractivity contribution in [1.29, 1.82) is 0 Å². The van der Waals surface area contributed by atoms with E-state index in [0.29, 0.717) is 18.7 Å². The number of nitrogens with one attached hydrogen (secondary N) is 1. The van der Waals surface area contributed by atoms with Gasteiger partial charge in [0.2, 0.25) is 0 Å². The van der Waals surface area contributed by atoms with Crippen molar-refractivity contribution in [1.82, 2.24) is 5.32 Å². The fourth-order valence-corrected chi connectivity index (χ4v) is 1.76. The third-order valence-corrected chi connectivity index (χ3v) is 3.94. The van der Waals surface area contributed by atoms with Crippen LogP contribution in [0.15, 0.2) is 18.2 Å². The maximum Gasteiger partial charge on any atom is 0.146 e. The SMILES string of the molecule is CC(CNCc1cccc(Cl)c1F)S(C)=O. The Morgan fingerprint density at radius 2 is 2.25 bits per heavy atom. The first kappa shape index (κ1) is 13.6. The van der Waals surface area contributed by atoms with Gasteiger partial charge in [0.05, 0.1) is 5.02 Å². The molecule has 2 nitrogen and oxygen atoms in total. The second-order valence-corrected chi connectivity index (χ2v) is 5.86. The van der Waals surface area contributed by atoms with Gasteiger partial charge in [-0.3, -0.25) is 4.21 Å². The van der Waals surface area contributed by atoms with E-state index >= 15 is 0 Å². The lowest BCUT2D eigenvalue weighted by Crippen LogP contribution is -2.27. The molecule has 1 N–H and O–H groups in total. The zero-order chi connectivity index (χ0) is 12.1. The molecule has 0 saturated heterocycles. The summed E-state index contributed by atoms with van der Waals surface area (Å²) in [5.74, 6) is -0.387. The molecule has 90 valence electrons. The molecule has 16 heavy (non-hydrogen) atoms. The van der Waals surface area contributed by atoms with Crippen molar-refractivity contribution in [2.75, 3.05) is 12.8 Å². The number of hydrogen-bond donors (Lipinski definition) is 1. The van der Waals surface area contributed by atoms with Gasteiger partial charge in [0.25, 0.3) is 0 Å². The highest BCUT2D eigenvalue weighted by molar-refractivity contribution is 7.84. The number of benzene rings is 1. The summed E-state index contributed by atoms with van der Waals surface area (Å²) in [5, 5.41) is 3.25. The molecule has 0 aliphatic heterocycles. The molecule has 2 unspecified atom stereocenters. The van der Waals surface area contributed by atoms with Crippen LogP contribution < -0.4 is 5.32 Å². The molecular formula is C11H15ClFNOS. The van der Waals surface area contributed by atoms with Gasteiger partial charge in [-0.05, 0) is 13.0 Å². The summed E-state index contributed by atoms with van der Waals surface area (Å²) in [5.41, 5.74) is 0.529. The summed E-state index contributed by atoms with van der Waals surface area (Å²) in [6, 6.07) is 4.91. The van der Waals surface area contributed by atoms with Crippen LogP contribution in [0, 0.1) is 5.82 Å². The highest BCUT2D eigenvalue weighted by atomic mass is 35.5. The summed E-state index contributed by atoms with van der Waals surface area (Å²) < 4.78 is 24.5. The van der Waals surface area contributed by atoms with Gasteiger partial charge in [-0.1, -0.05) is 23.7 Å². The average Bonchev–Trinajstić information content (AvgIpc) is 2.24. The van der Waals surface area contributed by atoms with Crippen molar-refractivity contribution < 1.29 is 8.60 Å². The summed E-state index contributed by atoms with van der Waals surface area (Å²) in [4.78, 5) is 0. The lowest BCUT2D eigenvalue weighted by atomic mass is 10.2. The molecule has 5 heteroatoms. The molecule has 0 saturated carbocycles. The minimum absolute atomic E-state index is 0.0576. The Bertz CT molecular complexity index is 386. The predicted molar refractivity (Wildman–Crippen MR) is 66.6 cm³/mol. The van der Waals surface area contributed by atoms with E-state index in [4.69, 9.17) is 11.6 Å². The normalized spacial score (nSPS) is 14.8. The van der Waals surface area contributed by atoms with Gasteiger partial charge >= 0.3 is 0 Å². The Morgan fingerprint density at radius 3 is 2.88 bits per heavy atom. The number of rotatable bonds is 5. The van der Waals surface area contributed by atoms with Gasteiger partial charge in [0.15, 0.2) is 0 Å². The summed E-state index contributed by atoms with van der Waals surface area (Å²) in [7, 11) is -0.860. The van der Waals surface area contributed by atoms with E-state index in [2.05, 4.69) is 5.32 Å². The smallest absolute Gasteiger partial charge is 0.146 e. The third-order valence-electron chi connectivity index (χ3n) is 2.35. The summed E-state index contributed by atoms with van der Waals surface area (Å²) >= 11 is 5.65. The van der Waals surface area contributed by atoms with Crippen molar-refractivity contribution in [3.63, 3.8) is 0 Å². The van der Waals surface area contributed by atoms with Crippen LogP contribution in [0.2, 0.25) is 5.02 Å². The molecule has 0 fully saturated rings. The zero-order valence-corrected chi connectivity index (χ0v) is 10.9. The third kappa shape index (κ3) is 3.85. The van der Waals surface area contributed by atoms with Crippen LogP contribution in [0.1, 0.15) is 12.5 Å². The van der Waals surface area contributed by atoms with E-state index in [1.54, 1.807) is 18.4 Å². The highest BCUT2D eigenvalue weighted by Crippen LogP contribution is 2.17. The molecule has 1 aromatic rings. The van der Waals surface area contributed by atoms with E-state index < -0.39 is 10.8 Å². The molecular weight excluding hydrogens is 249 g/mol. The molecule has 1 aromatic carbocycles. The lowest BCUT2D eigenvalue weighted by molar-refractivity contribution is 0.586. The fraction of sp³-hybridized carbons (Fsp3) is 0.455. The number of halogens is 2. The highest BCUT2D eigenvalue weighted by Gasteiger charge is 2.08. The van der Waals surface area contributed by atoms with Crippen molar-refractivity contribution in [2.24, 2.45) is 0 Å². The quantitative estimate of drug-likeness (QED) is 0.884. The van der Waals surface area contributed by atoms with Crippen LogP contribution in [0.4, 0.5) is 4.39 Å². The van der Waals surface area contributed by atoms with Crippen molar-refractivity contribution in [3.05, 3.63) is 34.6 Å². The van der Waals surface area contributed by atoms with Gasteiger partial charge in [-0.25, -0.2) is 4.39 Å². The van der Waals surface area contributed by atoms with Gasteiger partial charge in [0.1, 0.15) is 5.82 Å². The largest absolute Gasteiger partial charge is 0.311 e.